The summed E-state index contributed by atoms with van der Waals surface area (Å²) in [5, 5.41) is 5.77. The summed E-state index contributed by atoms with van der Waals surface area (Å²) in [4.78, 5) is 33.9. The summed E-state index contributed by atoms with van der Waals surface area (Å²) in [5.41, 5.74) is 8.01. The third kappa shape index (κ3) is 3.75. The van der Waals surface area contributed by atoms with E-state index in [0.29, 0.717) is 12.8 Å². The van der Waals surface area contributed by atoms with Gasteiger partial charge in [0.1, 0.15) is 0 Å². The number of aromatic nitrogens is 2. The van der Waals surface area contributed by atoms with Crippen LogP contribution in [0.25, 0.3) is 0 Å². The molecule has 1 heterocycles. The van der Waals surface area contributed by atoms with E-state index in [-0.39, 0.29) is 29.4 Å². The fourth-order valence-corrected chi connectivity index (χ4v) is 4.15. The van der Waals surface area contributed by atoms with Crippen LogP contribution < -0.4 is 16.4 Å². The van der Waals surface area contributed by atoms with Crippen LogP contribution in [-0.2, 0) is 17.6 Å². The van der Waals surface area contributed by atoms with E-state index in [4.69, 9.17) is 5.73 Å². The first-order valence-electron chi connectivity index (χ1n) is 9.84. The summed E-state index contributed by atoms with van der Waals surface area (Å²) in [5.74, 6) is -0.471. The molecule has 7 heteroatoms. The Morgan fingerprint density at radius 1 is 1.00 bits per heavy atom. The zero-order valence-electron chi connectivity index (χ0n) is 15.8. The molecule has 2 aromatic rings. The Bertz CT molecular complexity index is 867. The van der Waals surface area contributed by atoms with Gasteiger partial charge < -0.3 is 16.4 Å². The van der Waals surface area contributed by atoms with E-state index >= 15 is 0 Å². The normalized spacial score (nSPS) is 18.3. The van der Waals surface area contributed by atoms with Gasteiger partial charge in [0.2, 0.25) is 5.91 Å². The summed E-state index contributed by atoms with van der Waals surface area (Å²) in [6, 6.07) is 8.19. The minimum Gasteiger partial charge on any atom is -0.347 e. The van der Waals surface area contributed by atoms with Crippen LogP contribution in [0.15, 0.2) is 36.7 Å². The second-order valence-electron chi connectivity index (χ2n) is 7.77. The lowest BCUT2D eigenvalue weighted by molar-refractivity contribution is -0.122. The summed E-state index contributed by atoms with van der Waals surface area (Å²) >= 11 is 0. The Balaban J connectivity index is 1.45. The van der Waals surface area contributed by atoms with Crippen molar-refractivity contribution in [1.82, 2.24) is 15.3 Å². The van der Waals surface area contributed by atoms with Crippen molar-refractivity contribution >= 4 is 17.6 Å². The fraction of sp³-hybridized carbons (Fsp3) is 0.429. The van der Waals surface area contributed by atoms with Gasteiger partial charge in [0.05, 0.1) is 5.54 Å². The van der Waals surface area contributed by atoms with Crippen LogP contribution in [0.1, 0.15) is 53.7 Å². The van der Waals surface area contributed by atoms with Crippen molar-refractivity contribution in [2.75, 3.05) is 5.32 Å². The van der Waals surface area contributed by atoms with Gasteiger partial charge in [-0.3, -0.25) is 9.59 Å². The van der Waals surface area contributed by atoms with Crippen LogP contribution in [0.5, 0.6) is 0 Å². The van der Waals surface area contributed by atoms with E-state index in [9.17, 15) is 9.59 Å². The maximum atomic E-state index is 12.8. The van der Waals surface area contributed by atoms with Gasteiger partial charge in [-0.05, 0) is 36.8 Å². The molecule has 1 saturated carbocycles. The number of carbonyl (C=O) groups is 2. The molecule has 2 aliphatic rings. The van der Waals surface area contributed by atoms with Crippen LogP contribution >= 0.6 is 0 Å². The fourth-order valence-electron chi connectivity index (χ4n) is 4.15. The number of benzene rings is 1. The number of amides is 2. The third-order valence-electron chi connectivity index (χ3n) is 5.73. The van der Waals surface area contributed by atoms with E-state index in [1.165, 1.54) is 23.5 Å². The summed E-state index contributed by atoms with van der Waals surface area (Å²) in [6.07, 6.45) is 8.72. The molecule has 1 aromatic heterocycles. The second kappa shape index (κ2) is 7.67. The zero-order valence-corrected chi connectivity index (χ0v) is 15.8. The van der Waals surface area contributed by atoms with Crippen LogP contribution in [0.3, 0.4) is 0 Å². The number of hydrogen-bond acceptors (Lipinski definition) is 5. The monoisotopic (exact) mass is 379 g/mol. The Hall–Kier alpha value is -2.80. The molecule has 0 saturated heterocycles. The molecule has 0 radical (unpaired) electrons. The Morgan fingerprint density at radius 2 is 1.64 bits per heavy atom. The highest BCUT2D eigenvalue weighted by molar-refractivity contribution is 6.03. The lowest BCUT2D eigenvalue weighted by Gasteiger charge is -2.31. The van der Waals surface area contributed by atoms with Crippen molar-refractivity contribution in [2.45, 2.75) is 56.5 Å². The Labute approximate surface area is 164 Å². The van der Waals surface area contributed by atoms with Crippen molar-refractivity contribution < 1.29 is 9.59 Å². The Morgan fingerprint density at radius 3 is 2.32 bits per heavy atom. The van der Waals surface area contributed by atoms with Crippen LogP contribution in [0.2, 0.25) is 0 Å². The van der Waals surface area contributed by atoms with Gasteiger partial charge in [-0.2, -0.15) is 0 Å². The van der Waals surface area contributed by atoms with Gasteiger partial charge in [-0.15, -0.1) is 0 Å². The molecule has 0 spiro atoms. The summed E-state index contributed by atoms with van der Waals surface area (Å²) in [7, 11) is 0. The van der Waals surface area contributed by atoms with Gasteiger partial charge in [-0.1, -0.05) is 43.5 Å². The minimum absolute atomic E-state index is 0.00894. The SMILES string of the molecule is NC1(C(=O)Nc2nccnc2C(=O)NC2Cc3ccccc3C2)CCCCC1. The maximum Gasteiger partial charge on any atom is 0.273 e. The van der Waals surface area contributed by atoms with Gasteiger partial charge in [0.15, 0.2) is 11.5 Å². The lowest BCUT2D eigenvalue weighted by Crippen LogP contribution is -2.52. The van der Waals surface area contributed by atoms with E-state index in [1.807, 2.05) is 12.1 Å². The number of nitrogens with two attached hydrogens (primary N) is 1. The molecular formula is C21H25N5O2. The summed E-state index contributed by atoms with van der Waals surface area (Å²) in [6.45, 7) is 0. The predicted molar refractivity (Wildman–Crippen MR) is 106 cm³/mol. The lowest BCUT2D eigenvalue weighted by atomic mass is 9.82. The van der Waals surface area contributed by atoms with Gasteiger partial charge in [-0.25, -0.2) is 9.97 Å². The first kappa shape index (κ1) is 18.6. The first-order valence-corrected chi connectivity index (χ1v) is 9.84. The summed E-state index contributed by atoms with van der Waals surface area (Å²) < 4.78 is 0. The molecule has 0 aliphatic heterocycles. The molecule has 4 rings (SSSR count). The number of anilines is 1. The van der Waals surface area contributed by atoms with Gasteiger partial charge in [0, 0.05) is 18.4 Å². The molecule has 2 aliphatic carbocycles. The molecule has 1 aromatic carbocycles. The van der Waals surface area contributed by atoms with E-state index in [1.54, 1.807) is 0 Å². The molecule has 1 fully saturated rings. The average molecular weight is 379 g/mol. The molecular weight excluding hydrogens is 354 g/mol. The van der Waals surface area contributed by atoms with Gasteiger partial charge in [0.25, 0.3) is 5.91 Å². The third-order valence-corrected chi connectivity index (χ3v) is 5.73. The molecule has 28 heavy (non-hydrogen) atoms. The zero-order chi connectivity index (χ0) is 19.6. The van der Waals surface area contributed by atoms with E-state index in [0.717, 1.165) is 32.1 Å². The predicted octanol–water partition coefficient (Wildman–Crippen LogP) is 1.97. The highest BCUT2D eigenvalue weighted by atomic mass is 16.2. The number of hydrogen-bond donors (Lipinski definition) is 3. The van der Waals surface area contributed by atoms with Crippen molar-refractivity contribution in [3.63, 3.8) is 0 Å². The number of nitrogens with one attached hydrogen (secondary N) is 2. The molecule has 146 valence electrons. The topological polar surface area (TPSA) is 110 Å². The molecule has 7 nitrogen and oxygen atoms in total. The maximum absolute atomic E-state index is 12.8. The number of rotatable bonds is 4. The number of carbonyl (C=O) groups excluding carboxylic acids is 2. The smallest absolute Gasteiger partial charge is 0.273 e. The molecule has 4 N–H and O–H groups in total. The standard InChI is InChI=1S/C21H25N5O2/c22-21(8-4-1-5-9-21)20(28)26-18-17(23-10-11-24-18)19(27)25-16-12-14-6-2-3-7-15(14)13-16/h2-3,6-7,10-11,16H,1,4-5,8-9,12-13,22H2,(H,25,27)(H,24,26,28). The van der Waals surface area contributed by atoms with Crippen molar-refractivity contribution in [3.8, 4) is 0 Å². The number of fused-ring (bicyclic) bond motifs is 1. The highest BCUT2D eigenvalue weighted by Gasteiger charge is 2.36. The van der Waals surface area contributed by atoms with Crippen LogP contribution in [0.4, 0.5) is 5.82 Å². The highest BCUT2D eigenvalue weighted by Crippen LogP contribution is 2.27. The average Bonchev–Trinajstić information content (AvgIpc) is 3.11. The van der Waals surface area contributed by atoms with Gasteiger partial charge >= 0.3 is 0 Å². The molecule has 0 unspecified atom stereocenters. The van der Waals surface area contributed by atoms with E-state index in [2.05, 4.69) is 32.7 Å². The number of nitrogens with zero attached hydrogens (tertiary/aromatic N) is 2. The minimum atomic E-state index is -0.906. The van der Waals surface area contributed by atoms with Crippen molar-refractivity contribution in [1.29, 1.82) is 0 Å². The molecule has 2 amide bonds. The largest absolute Gasteiger partial charge is 0.347 e. The first-order chi connectivity index (χ1) is 13.5. The van der Waals surface area contributed by atoms with Crippen LogP contribution in [0, 0.1) is 0 Å². The molecule has 0 bridgehead atoms. The van der Waals surface area contributed by atoms with Crippen LogP contribution in [-0.4, -0.2) is 33.4 Å². The molecule has 0 atom stereocenters. The van der Waals surface area contributed by atoms with Crippen molar-refractivity contribution in [3.05, 3.63) is 53.5 Å². The quantitative estimate of drug-likeness (QED) is 0.752. The Kier molecular flexibility index (Phi) is 5.09. The van der Waals surface area contributed by atoms with E-state index < -0.39 is 5.54 Å². The second-order valence-corrected chi connectivity index (χ2v) is 7.77. The van der Waals surface area contributed by atoms with Crippen molar-refractivity contribution in [2.24, 2.45) is 5.73 Å².